The molecule has 0 saturated carbocycles. The zero-order chi connectivity index (χ0) is 10.1. The third-order valence-corrected chi connectivity index (χ3v) is 3.23. The molecule has 0 spiro atoms. The van der Waals surface area contributed by atoms with Gasteiger partial charge in [0.2, 0.25) is 5.91 Å². The molecule has 0 saturated heterocycles. The maximum absolute atomic E-state index is 11.5. The fraction of sp³-hybridized carbons (Fsp3) is 0.300. The zero-order valence-corrected chi connectivity index (χ0v) is 8.67. The molecule has 0 fully saturated rings. The summed E-state index contributed by atoms with van der Waals surface area (Å²) in [6.07, 6.45) is 0. The molecule has 0 bridgehead atoms. The van der Waals surface area contributed by atoms with Crippen LogP contribution in [0.2, 0.25) is 0 Å². The molecule has 1 N–H and O–H groups in total. The molecule has 2 rings (SSSR count). The number of carbonyl (C=O) groups is 1. The first-order valence-corrected chi connectivity index (χ1v) is 5.47. The molecule has 0 aliphatic carbocycles. The van der Waals surface area contributed by atoms with Gasteiger partial charge in [-0.15, -0.1) is 11.8 Å². The van der Waals surface area contributed by atoms with Crippen molar-refractivity contribution in [2.45, 2.75) is 11.8 Å². The minimum atomic E-state index is 0.135. The first-order valence-electron chi connectivity index (χ1n) is 4.48. The number of benzene rings is 1. The first-order chi connectivity index (χ1) is 6.72. The summed E-state index contributed by atoms with van der Waals surface area (Å²) >= 11 is 1.48. The van der Waals surface area contributed by atoms with Gasteiger partial charge >= 0.3 is 0 Å². The molecule has 0 aromatic heterocycles. The summed E-state index contributed by atoms with van der Waals surface area (Å²) in [5.74, 6) is 0.849. The van der Waals surface area contributed by atoms with E-state index in [0.717, 1.165) is 10.6 Å². The van der Waals surface area contributed by atoms with Gasteiger partial charge in [-0.3, -0.25) is 4.79 Å². The first kappa shape index (κ1) is 9.40. The van der Waals surface area contributed by atoms with Crippen molar-refractivity contribution in [1.82, 2.24) is 0 Å². The Morgan fingerprint density at radius 2 is 2.36 bits per heavy atom. The summed E-state index contributed by atoms with van der Waals surface area (Å²) in [7, 11) is 0. The van der Waals surface area contributed by atoms with Crippen molar-refractivity contribution in [2.24, 2.45) is 0 Å². The fourth-order valence-electron chi connectivity index (χ4n) is 1.54. The minimum Gasteiger partial charge on any atom is -0.508 e. The van der Waals surface area contributed by atoms with E-state index in [4.69, 9.17) is 0 Å². The van der Waals surface area contributed by atoms with Gasteiger partial charge in [-0.1, -0.05) is 0 Å². The van der Waals surface area contributed by atoms with Gasteiger partial charge in [0.25, 0.3) is 0 Å². The van der Waals surface area contributed by atoms with Gasteiger partial charge in [0.1, 0.15) is 5.75 Å². The molecular weight excluding hydrogens is 198 g/mol. The van der Waals surface area contributed by atoms with Gasteiger partial charge in [0.05, 0.1) is 11.4 Å². The second kappa shape index (κ2) is 3.53. The maximum Gasteiger partial charge on any atom is 0.237 e. The van der Waals surface area contributed by atoms with Crippen LogP contribution >= 0.6 is 11.8 Å². The lowest BCUT2D eigenvalue weighted by Gasteiger charge is -2.27. The largest absolute Gasteiger partial charge is 0.508 e. The summed E-state index contributed by atoms with van der Waals surface area (Å²) in [6, 6.07) is 5.11. The van der Waals surface area contributed by atoms with Crippen molar-refractivity contribution in [2.75, 3.05) is 17.2 Å². The van der Waals surface area contributed by atoms with E-state index in [1.165, 1.54) is 11.8 Å². The van der Waals surface area contributed by atoms with Crippen LogP contribution in [0.15, 0.2) is 23.1 Å². The van der Waals surface area contributed by atoms with Crippen molar-refractivity contribution >= 4 is 23.4 Å². The molecule has 1 heterocycles. The molecule has 14 heavy (non-hydrogen) atoms. The number of amides is 1. The second-order valence-electron chi connectivity index (χ2n) is 3.08. The van der Waals surface area contributed by atoms with Crippen molar-refractivity contribution in [3.05, 3.63) is 18.2 Å². The number of nitrogens with zero attached hydrogens (tertiary/aromatic N) is 1. The third-order valence-electron chi connectivity index (χ3n) is 2.20. The van der Waals surface area contributed by atoms with Crippen molar-refractivity contribution in [3.8, 4) is 5.75 Å². The zero-order valence-electron chi connectivity index (χ0n) is 7.86. The number of rotatable bonds is 1. The Balaban J connectivity index is 2.47. The van der Waals surface area contributed by atoms with Gasteiger partial charge in [0, 0.05) is 11.4 Å². The molecule has 0 unspecified atom stereocenters. The lowest BCUT2D eigenvalue weighted by molar-refractivity contribution is -0.116. The number of anilines is 1. The monoisotopic (exact) mass is 209 g/mol. The Bertz CT molecular complexity index is 378. The number of fused-ring (bicyclic) bond motifs is 1. The van der Waals surface area contributed by atoms with Gasteiger partial charge in [0.15, 0.2) is 0 Å². The van der Waals surface area contributed by atoms with Crippen LogP contribution in [-0.2, 0) is 4.79 Å². The van der Waals surface area contributed by atoms with E-state index in [0.29, 0.717) is 12.3 Å². The minimum absolute atomic E-state index is 0.135. The molecule has 4 heteroatoms. The quantitative estimate of drug-likeness (QED) is 0.767. The molecule has 1 aliphatic rings. The lowest BCUT2D eigenvalue weighted by atomic mass is 10.2. The van der Waals surface area contributed by atoms with E-state index in [9.17, 15) is 9.90 Å². The van der Waals surface area contributed by atoms with Crippen LogP contribution in [0.25, 0.3) is 0 Å². The normalized spacial score (nSPS) is 15.5. The van der Waals surface area contributed by atoms with Crippen LogP contribution in [0, 0.1) is 0 Å². The van der Waals surface area contributed by atoms with E-state index in [1.54, 1.807) is 23.1 Å². The van der Waals surface area contributed by atoms with Crippen molar-refractivity contribution < 1.29 is 9.90 Å². The van der Waals surface area contributed by atoms with Crippen LogP contribution < -0.4 is 4.90 Å². The number of carbonyl (C=O) groups excluding carboxylic acids is 1. The topological polar surface area (TPSA) is 40.5 Å². The van der Waals surface area contributed by atoms with E-state index in [-0.39, 0.29) is 11.7 Å². The molecule has 74 valence electrons. The fourth-order valence-corrected chi connectivity index (χ4v) is 2.50. The van der Waals surface area contributed by atoms with Crippen LogP contribution in [0.3, 0.4) is 0 Å². The highest BCUT2D eigenvalue weighted by atomic mass is 32.2. The van der Waals surface area contributed by atoms with Crippen molar-refractivity contribution in [1.29, 1.82) is 0 Å². The summed E-state index contributed by atoms with van der Waals surface area (Å²) in [5.41, 5.74) is 0.909. The van der Waals surface area contributed by atoms with Gasteiger partial charge in [-0.05, 0) is 25.1 Å². The van der Waals surface area contributed by atoms with Crippen LogP contribution in [0.1, 0.15) is 6.92 Å². The maximum atomic E-state index is 11.5. The number of hydrogen-bond acceptors (Lipinski definition) is 3. The number of phenolic OH excluding ortho intramolecular Hbond substituents is 1. The Hall–Kier alpha value is -1.16. The molecular formula is C10H11NO2S. The highest BCUT2D eigenvalue weighted by Crippen LogP contribution is 2.37. The molecule has 1 aromatic rings. The molecule has 0 radical (unpaired) electrons. The smallest absolute Gasteiger partial charge is 0.237 e. The van der Waals surface area contributed by atoms with Crippen molar-refractivity contribution in [3.63, 3.8) is 0 Å². The second-order valence-corrected chi connectivity index (χ2v) is 4.10. The summed E-state index contributed by atoms with van der Waals surface area (Å²) in [4.78, 5) is 14.2. The predicted octanol–water partition coefficient (Wildman–Crippen LogP) is 1.85. The third kappa shape index (κ3) is 1.46. The lowest BCUT2D eigenvalue weighted by Crippen LogP contribution is -2.34. The van der Waals surface area contributed by atoms with Gasteiger partial charge in [-0.25, -0.2) is 0 Å². The van der Waals surface area contributed by atoms with E-state index in [2.05, 4.69) is 0 Å². The van der Waals surface area contributed by atoms with Gasteiger partial charge < -0.3 is 10.0 Å². The number of hydrogen-bond donors (Lipinski definition) is 1. The van der Waals surface area contributed by atoms with E-state index < -0.39 is 0 Å². The van der Waals surface area contributed by atoms with Crippen LogP contribution in [0.5, 0.6) is 5.75 Å². The molecule has 1 aromatic carbocycles. The average Bonchev–Trinajstić information content (AvgIpc) is 2.18. The summed E-state index contributed by atoms with van der Waals surface area (Å²) in [6.45, 7) is 2.63. The Morgan fingerprint density at radius 1 is 1.57 bits per heavy atom. The predicted molar refractivity (Wildman–Crippen MR) is 56.9 cm³/mol. The summed E-state index contributed by atoms with van der Waals surface area (Å²) in [5, 5.41) is 9.30. The Labute approximate surface area is 86.7 Å². The average molecular weight is 209 g/mol. The summed E-state index contributed by atoms with van der Waals surface area (Å²) < 4.78 is 0. The number of thioether (sulfide) groups is 1. The van der Waals surface area contributed by atoms with E-state index >= 15 is 0 Å². The van der Waals surface area contributed by atoms with Gasteiger partial charge in [-0.2, -0.15) is 0 Å². The SMILES string of the molecule is CCN1C(=O)CSc2cc(O)ccc21. The Morgan fingerprint density at radius 3 is 3.07 bits per heavy atom. The van der Waals surface area contributed by atoms with Crippen LogP contribution in [0.4, 0.5) is 5.69 Å². The molecule has 3 nitrogen and oxygen atoms in total. The highest BCUT2D eigenvalue weighted by molar-refractivity contribution is 8.00. The molecule has 0 atom stereocenters. The highest BCUT2D eigenvalue weighted by Gasteiger charge is 2.23. The molecule has 1 amide bonds. The van der Waals surface area contributed by atoms with E-state index in [1.807, 2.05) is 6.92 Å². The number of phenols is 1. The molecule has 1 aliphatic heterocycles. The number of aromatic hydroxyl groups is 1. The standard InChI is InChI=1S/C10H11NO2S/c1-2-11-8-4-3-7(12)5-9(8)14-6-10(11)13/h3-5,12H,2,6H2,1H3. The van der Waals surface area contributed by atoms with Crippen LogP contribution in [-0.4, -0.2) is 23.3 Å². The Kier molecular flexibility index (Phi) is 2.37.